The van der Waals surface area contributed by atoms with Crippen LogP contribution in [0.15, 0.2) is 48.7 Å². The number of nitrogens with zero attached hydrogens (tertiary/aromatic N) is 2. The number of amides is 1. The third-order valence-electron chi connectivity index (χ3n) is 5.23. The standard InChI is InChI=1S/C22H23N3O3/c1-4-14-7-5-6-8-19(14)25-22-18(13-23-25)16(12-21(26)24-22)17-11-15(27-2)9-10-20(17)28-3/h5-11,13,16H,4,12H2,1-3H3,(H,24,26). The van der Waals surface area contributed by atoms with Gasteiger partial charge in [0, 0.05) is 23.5 Å². The van der Waals surface area contributed by atoms with Crippen molar-refractivity contribution < 1.29 is 14.3 Å². The van der Waals surface area contributed by atoms with Crippen molar-refractivity contribution in [3.05, 3.63) is 65.4 Å². The summed E-state index contributed by atoms with van der Waals surface area (Å²) >= 11 is 0. The Morgan fingerprint density at radius 1 is 1.14 bits per heavy atom. The van der Waals surface area contributed by atoms with Crippen LogP contribution < -0.4 is 14.8 Å². The second kappa shape index (κ2) is 7.38. The number of carbonyl (C=O) groups excluding carboxylic acids is 1. The Balaban J connectivity index is 1.86. The van der Waals surface area contributed by atoms with Gasteiger partial charge in [0.25, 0.3) is 0 Å². The number of hydrogen-bond donors (Lipinski definition) is 1. The zero-order valence-corrected chi connectivity index (χ0v) is 16.2. The first-order chi connectivity index (χ1) is 13.7. The monoisotopic (exact) mass is 377 g/mol. The van der Waals surface area contributed by atoms with Crippen molar-refractivity contribution in [3.63, 3.8) is 0 Å². The third-order valence-corrected chi connectivity index (χ3v) is 5.23. The molecule has 1 aliphatic heterocycles. The zero-order chi connectivity index (χ0) is 19.7. The molecule has 0 radical (unpaired) electrons. The minimum atomic E-state index is -0.156. The molecule has 2 heterocycles. The highest BCUT2D eigenvalue weighted by Gasteiger charge is 2.32. The van der Waals surface area contributed by atoms with E-state index in [4.69, 9.17) is 9.47 Å². The molecule has 0 fully saturated rings. The van der Waals surface area contributed by atoms with E-state index in [2.05, 4.69) is 23.4 Å². The Labute approximate surface area is 164 Å². The molecule has 1 atom stereocenters. The highest BCUT2D eigenvalue weighted by atomic mass is 16.5. The van der Waals surface area contributed by atoms with Crippen molar-refractivity contribution in [1.29, 1.82) is 0 Å². The van der Waals surface area contributed by atoms with E-state index in [-0.39, 0.29) is 11.8 Å². The molecule has 0 saturated heterocycles. The van der Waals surface area contributed by atoms with Crippen molar-refractivity contribution in [1.82, 2.24) is 9.78 Å². The second-order valence-electron chi connectivity index (χ2n) is 6.76. The Morgan fingerprint density at radius 2 is 1.96 bits per heavy atom. The maximum Gasteiger partial charge on any atom is 0.226 e. The number of para-hydroxylation sites is 1. The molecule has 3 aromatic rings. The van der Waals surface area contributed by atoms with E-state index >= 15 is 0 Å². The molecular formula is C22H23N3O3. The van der Waals surface area contributed by atoms with E-state index in [0.717, 1.165) is 34.7 Å². The van der Waals surface area contributed by atoms with E-state index in [0.29, 0.717) is 12.2 Å². The van der Waals surface area contributed by atoms with E-state index in [9.17, 15) is 4.79 Å². The number of anilines is 1. The highest BCUT2D eigenvalue weighted by Crippen LogP contribution is 2.42. The Hall–Kier alpha value is -3.28. The molecule has 28 heavy (non-hydrogen) atoms. The van der Waals surface area contributed by atoms with Gasteiger partial charge in [0.2, 0.25) is 5.91 Å². The summed E-state index contributed by atoms with van der Waals surface area (Å²) in [4.78, 5) is 12.6. The SMILES string of the molecule is CCc1ccccc1-n1ncc2c1NC(=O)CC2c1cc(OC)ccc1OC. The Morgan fingerprint density at radius 3 is 2.71 bits per heavy atom. The summed E-state index contributed by atoms with van der Waals surface area (Å²) < 4.78 is 12.8. The highest BCUT2D eigenvalue weighted by molar-refractivity contribution is 5.95. The summed E-state index contributed by atoms with van der Waals surface area (Å²) in [5, 5.41) is 7.63. The summed E-state index contributed by atoms with van der Waals surface area (Å²) in [6.45, 7) is 2.11. The number of carbonyl (C=O) groups is 1. The van der Waals surface area contributed by atoms with Crippen molar-refractivity contribution in [2.75, 3.05) is 19.5 Å². The number of rotatable bonds is 5. The van der Waals surface area contributed by atoms with Gasteiger partial charge in [-0.2, -0.15) is 5.10 Å². The zero-order valence-electron chi connectivity index (χ0n) is 16.2. The molecular weight excluding hydrogens is 354 g/mol. The largest absolute Gasteiger partial charge is 0.497 e. The van der Waals surface area contributed by atoms with Crippen LogP contribution in [0.1, 0.15) is 36.0 Å². The lowest BCUT2D eigenvalue weighted by Crippen LogP contribution is -2.25. The van der Waals surface area contributed by atoms with Crippen LogP contribution in [-0.2, 0) is 11.2 Å². The van der Waals surface area contributed by atoms with E-state index in [1.807, 2.05) is 47.3 Å². The normalized spacial score (nSPS) is 15.7. The first-order valence-corrected chi connectivity index (χ1v) is 9.34. The average molecular weight is 377 g/mol. The van der Waals surface area contributed by atoms with Crippen molar-refractivity contribution in [2.45, 2.75) is 25.7 Å². The number of hydrogen-bond acceptors (Lipinski definition) is 4. The first-order valence-electron chi connectivity index (χ1n) is 9.34. The fraction of sp³-hybridized carbons (Fsp3) is 0.273. The molecule has 1 N–H and O–H groups in total. The van der Waals surface area contributed by atoms with E-state index in [1.54, 1.807) is 14.2 Å². The van der Waals surface area contributed by atoms with Crippen molar-refractivity contribution in [2.24, 2.45) is 0 Å². The molecule has 6 heteroatoms. The molecule has 0 aliphatic carbocycles. The molecule has 1 amide bonds. The lowest BCUT2D eigenvalue weighted by Gasteiger charge is -2.25. The van der Waals surface area contributed by atoms with Gasteiger partial charge in [-0.1, -0.05) is 25.1 Å². The number of methoxy groups -OCH3 is 2. The second-order valence-corrected chi connectivity index (χ2v) is 6.76. The summed E-state index contributed by atoms with van der Waals surface area (Å²) in [6.07, 6.45) is 3.05. The molecule has 6 nitrogen and oxygen atoms in total. The van der Waals surface area contributed by atoms with Crippen LogP contribution in [0, 0.1) is 0 Å². The summed E-state index contributed by atoms with van der Waals surface area (Å²) in [6, 6.07) is 13.8. The molecule has 0 saturated carbocycles. The molecule has 1 aromatic heterocycles. The summed E-state index contributed by atoms with van der Waals surface area (Å²) in [5.74, 6) is 1.97. The molecule has 4 rings (SSSR count). The van der Waals surface area contributed by atoms with Gasteiger partial charge in [0.1, 0.15) is 17.3 Å². The maximum absolute atomic E-state index is 12.6. The molecule has 0 spiro atoms. The molecule has 0 bridgehead atoms. The Bertz CT molecular complexity index is 1030. The van der Waals surface area contributed by atoms with Gasteiger partial charge < -0.3 is 14.8 Å². The fourth-order valence-corrected chi connectivity index (χ4v) is 3.81. The quantitative estimate of drug-likeness (QED) is 0.732. The molecule has 1 unspecified atom stereocenters. The minimum Gasteiger partial charge on any atom is -0.497 e. The molecule has 2 aromatic carbocycles. The number of aromatic nitrogens is 2. The van der Waals surface area contributed by atoms with Gasteiger partial charge in [-0.25, -0.2) is 4.68 Å². The van der Waals surface area contributed by atoms with Gasteiger partial charge in [-0.05, 0) is 36.2 Å². The third kappa shape index (κ3) is 3.01. The van der Waals surface area contributed by atoms with Gasteiger partial charge in [0.15, 0.2) is 0 Å². The van der Waals surface area contributed by atoms with Crippen LogP contribution in [0.2, 0.25) is 0 Å². The predicted octanol–water partition coefficient (Wildman–Crippen LogP) is 3.93. The van der Waals surface area contributed by atoms with Crippen LogP contribution in [0.5, 0.6) is 11.5 Å². The first kappa shape index (κ1) is 18.1. The topological polar surface area (TPSA) is 65.4 Å². The van der Waals surface area contributed by atoms with Gasteiger partial charge in [0.05, 0.1) is 26.1 Å². The van der Waals surface area contributed by atoms with Crippen molar-refractivity contribution >= 4 is 11.7 Å². The molecule has 144 valence electrons. The smallest absolute Gasteiger partial charge is 0.226 e. The average Bonchev–Trinajstić information content (AvgIpc) is 3.16. The Kier molecular flexibility index (Phi) is 4.77. The maximum atomic E-state index is 12.6. The molecule has 1 aliphatic rings. The number of aryl methyl sites for hydroxylation is 1. The number of nitrogens with one attached hydrogen (secondary N) is 1. The fourth-order valence-electron chi connectivity index (χ4n) is 3.81. The van der Waals surface area contributed by atoms with Crippen LogP contribution in [0.25, 0.3) is 5.69 Å². The lowest BCUT2D eigenvalue weighted by atomic mass is 9.86. The van der Waals surface area contributed by atoms with Crippen LogP contribution in [0.3, 0.4) is 0 Å². The minimum absolute atomic E-state index is 0.0434. The van der Waals surface area contributed by atoms with Gasteiger partial charge >= 0.3 is 0 Å². The summed E-state index contributed by atoms with van der Waals surface area (Å²) in [7, 11) is 3.26. The van der Waals surface area contributed by atoms with E-state index < -0.39 is 0 Å². The number of fused-ring (bicyclic) bond motifs is 1. The number of benzene rings is 2. The summed E-state index contributed by atoms with van der Waals surface area (Å²) in [5.41, 5.74) is 4.03. The van der Waals surface area contributed by atoms with Crippen LogP contribution in [0.4, 0.5) is 5.82 Å². The lowest BCUT2D eigenvalue weighted by molar-refractivity contribution is -0.116. The van der Waals surface area contributed by atoms with Crippen molar-refractivity contribution in [3.8, 4) is 17.2 Å². The predicted molar refractivity (Wildman–Crippen MR) is 108 cm³/mol. The number of ether oxygens (including phenoxy) is 2. The van der Waals surface area contributed by atoms with Crippen LogP contribution >= 0.6 is 0 Å². The van der Waals surface area contributed by atoms with E-state index in [1.165, 1.54) is 5.56 Å². The van der Waals surface area contributed by atoms with Crippen LogP contribution in [-0.4, -0.2) is 29.9 Å². The van der Waals surface area contributed by atoms with Gasteiger partial charge in [-0.15, -0.1) is 0 Å². The van der Waals surface area contributed by atoms with Gasteiger partial charge in [-0.3, -0.25) is 4.79 Å².